The van der Waals surface area contributed by atoms with Crippen LogP contribution in [0.3, 0.4) is 0 Å². The highest BCUT2D eigenvalue weighted by Gasteiger charge is 2.66. The molecule has 10 aromatic carbocycles. The maximum Gasteiger partial charge on any atom is 0.349 e. The molecular weight excluding hydrogens is 1850 g/mol. The Morgan fingerprint density at radius 2 is 0.532 bits per heavy atom. The van der Waals surface area contributed by atoms with Gasteiger partial charge in [-0.25, -0.2) is 38.4 Å². The van der Waals surface area contributed by atoms with Crippen LogP contribution >= 0.6 is 0 Å². The van der Waals surface area contributed by atoms with E-state index in [-0.39, 0.29) is 70.9 Å². The summed E-state index contributed by atoms with van der Waals surface area (Å²) >= 11 is 0. The Bertz CT molecular complexity index is 5760. The first-order valence-electron chi connectivity index (χ1n) is 46.9. The van der Waals surface area contributed by atoms with Crippen LogP contribution in [0.2, 0.25) is 35.8 Å². The van der Waals surface area contributed by atoms with E-state index in [4.69, 9.17) is 98.9 Å². The predicted octanol–water partition coefficient (Wildman–Crippen LogP) is 16.7. The number of hydrogen-bond acceptors (Lipinski definition) is 30. The second-order valence-electron chi connectivity index (χ2n) is 37.8. The average Bonchev–Trinajstić information content (AvgIpc) is 0.722. The van der Waals surface area contributed by atoms with Gasteiger partial charge in [0.1, 0.15) is 42.7 Å². The van der Waals surface area contributed by atoms with Crippen LogP contribution < -0.4 is 0 Å². The molecule has 0 spiro atoms. The number of ether oxygens (including phenoxy) is 19. The van der Waals surface area contributed by atoms with Gasteiger partial charge in [0.15, 0.2) is 80.1 Å². The molecule has 141 heavy (non-hydrogen) atoms. The van der Waals surface area contributed by atoms with E-state index in [9.17, 15) is 14.4 Å². The van der Waals surface area contributed by atoms with Crippen molar-refractivity contribution in [3.05, 3.63) is 359 Å². The molecule has 0 N–H and O–H groups in total. The SMILES string of the molecule is CC(=O)O[C@@H]1[C@H](OC(=O)c2ccccc2)[C@@H](OC(=O)c2ccccc2)[C@@H](OC[C@H]2O[C@@H](OC[C@H]3O[C@@H](OCC[Si](C)(C)C)[C@H](OC(=O)c4ccccc4)[C@@H](OC(=O)c4ccccc4)[C@H]3OC(=O)c3ccccc3)[C@H](OC(=O)c3ccccc3)[C@@H](OC(=O)c3ccccc3)[C@H]2OC(=O)c2ccccc2)O[C@@H]1CO[C@H]1O[C@@H]2CO[Si](C(C)(C)C)(C(C)(C)C)O[C@@H]2[C@H](OCc2ccccc2)[C@H]1OCc1ccccc1. The fourth-order valence-electron chi connectivity index (χ4n) is 17.5. The Balaban J connectivity index is 0.868. The molecule has 30 nitrogen and oxygen atoms in total. The highest BCUT2D eigenvalue weighted by atomic mass is 28.4. The van der Waals surface area contributed by atoms with Crippen LogP contribution in [-0.4, -0.2) is 226 Å². The minimum atomic E-state index is -3.37. The standard InChI is InChI=1S/C109H116O30Si2/c1-69(110)126-84-80(65-122-104-92(121-64-71-43-23-12-24-44-71)88(120-63-70-41-21-11-22-42-70)87-83(130-104)68-125-141(139-87,108(2,3)4)109(5,6)7)128-106(94(137-102(117)78-57-37-19-38-58-78)89(84)133-98(113)74-49-29-15-30-50-74)124-67-82-86(132-97(112)73-47-27-14-28-48-73)91(135-100(115)76-53-33-17-34-54-76)95(138-103(118)79-59-39-20-40-60-79)107(129-82)123-66-81-85(131-96(111)72-45-25-13-26-46-72)90(134-99(114)75-51-31-16-32-52-75)93(105(127-81)119-61-62-140(8,9)10)136-101(116)77-55-35-18-36-56-77/h11-60,80-95,104-107H,61-68H2,1-10H3/t80-,81-,82-,83-,84+,85+,86+,87+,88+,89+,90+,91+,92-,93-,94-,95-,104+,105-,106+,107-/m1/s1. The fraction of sp³-hybridized carbons (Fsp3) is 0.367. The molecule has 5 aliphatic rings. The minimum absolute atomic E-state index is 0.00479. The molecule has 5 saturated heterocycles. The van der Waals surface area contributed by atoms with Crippen molar-refractivity contribution in [3.63, 3.8) is 0 Å². The molecule has 20 atom stereocenters. The van der Waals surface area contributed by atoms with Gasteiger partial charge < -0.3 is 98.9 Å². The molecule has 0 radical (unpaired) electrons. The van der Waals surface area contributed by atoms with E-state index in [1.807, 2.05) is 60.7 Å². The Labute approximate surface area is 820 Å². The highest BCUT2D eigenvalue weighted by Crippen LogP contribution is 2.56. The third kappa shape index (κ3) is 26.2. The van der Waals surface area contributed by atoms with E-state index < -0.39 is 223 Å². The quantitative estimate of drug-likeness (QED) is 0.0200. The molecule has 740 valence electrons. The maximum absolute atomic E-state index is 15.5. The molecule has 0 aromatic heterocycles. The van der Waals surface area contributed by atoms with Crippen LogP contribution in [0.1, 0.15) is 142 Å². The van der Waals surface area contributed by atoms with Crippen molar-refractivity contribution in [2.24, 2.45) is 0 Å². The molecule has 5 fully saturated rings. The molecular formula is C109H116O30Si2. The minimum Gasteiger partial charge on any atom is -0.456 e. The Morgan fingerprint density at radius 3 is 0.801 bits per heavy atom. The van der Waals surface area contributed by atoms with Crippen molar-refractivity contribution in [2.45, 2.75) is 220 Å². The molecule has 0 unspecified atom stereocenters. The predicted molar refractivity (Wildman–Crippen MR) is 513 cm³/mol. The van der Waals surface area contributed by atoms with Gasteiger partial charge in [0, 0.05) is 31.7 Å². The lowest BCUT2D eigenvalue weighted by atomic mass is 9.96. The summed E-state index contributed by atoms with van der Waals surface area (Å²) in [7, 11) is -5.39. The molecule has 32 heteroatoms. The summed E-state index contributed by atoms with van der Waals surface area (Å²) in [6.45, 7) is 17.5. The van der Waals surface area contributed by atoms with Crippen molar-refractivity contribution in [1.29, 1.82) is 0 Å². The van der Waals surface area contributed by atoms with Gasteiger partial charge in [0.05, 0.1) is 84.1 Å². The van der Waals surface area contributed by atoms with E-state index in [1.54, 1.807) is 146 Å². The number of carbonyl (C=O) groups is 9. The summed E-state index contributed by atoms with van der Waals surface area (Å²) in [4.78, 5) is 136. The van der Waals surface area contributed by atoms with Crippen molar-refractivity contribution in [2.75, 3.05) is 33.0 Å². The molecule has 15 rings (SSSR count). The van der Waals surface area contributed by atoms with Gasteiger partial charge in [-0.05, 0) is 114 Å². The highest BCUT2D eigenvalue weighted by molar-refractivity contribution is 6.76. The number of benzene rings is 10. The van der Waals surface area contributed by atoms with E-state index in [1.165, 1.54) is 97.1 Å². The molecule has 0 aliphatic carbocycles. The van der Waals surface area contributed by atoms with Gasteiger partial charge in [0.25, 0.3) is 0 Å². The van der Waals surface area contributed by atoms with Crippen molar-refractivity contribution >= 4 is 70.4 Å². The van der Waals surface area contributed by atoms with Crippen LogP contribution in [0.5, 0.6) is 0 Å². The molecule has 5 aliphatic heterocycles. The van der Waals surface area contributed by atoms with Crippen LogP contribution in [0, 0.1) is 0 Å². The summed E-state index contributed by atoms with van der Waals surface area (Å²) in [5, 5.41) is -1.06. The largest absolute Gasteiger partial charge is 0.456 e. The van der Waals surface area contributed by atoms with Gasteiger partial charge in [-0.3, -0.25) is 4.79 Å². The van der Waals surface area contributed by atoms with Gasteiger partial charge in [-0.1, -0.05) is 267 Å². The van der Waals surface area contributed by atoms with Crippen molar-refractivity contribution < 1.29 is 142 Å². The third-order valence-corrected chi connectivity index (χ3v) is 31.2. The first-order valence-corrected chi connectivity index (χ1v) is 52.4. The molecule has 0 saturated carbocycles. The zero-order chi connectivity index (χ0) is 99.4. The first-order chi connectivity index (χ1) is 67.9. The van der Waals surface area contributed by atoms with E-state index in [0.29, 0.717) is 6.04 Å². The summed E-state index contributed by atoms with van der Waals surface area (Å²) < 4.78 is 144. The lowest BCUT2D eigenvalue weighted by molar-refractivity contribution is -0.351. The van der Waals surface area contributed by atoms with Crippen LogP contribution in [0.15, 0.2) is 303 Å². The zero-order valence-corrected chi connectivity index (χ0v) is 81.8. The molecule has 10 aromatic rings. The van der Waals surface area contributed by atoms with Crippen LogP contribution in [0.25, 0.3) is 0 Å². The van der Waals surface area contributed by atoms with Crippen molar-refractivity contribution in [1.82, 2.24) is 0 Å². The smallest absolute Gasteiger partial charge is 0.349 e. The normalized spacial score (nSPS) is 25.4. The molecule has 0 bridgehead atoms. The zero-order valence-electron chi connectivity index (χ0n) is 79.8. The average molecular weight is 1960 g/mol. The second kappa shape index (κ2) is 47.3. The monoisotopic (exact) mass is 1960 g/mol. The van der Waals surface area contributed by atoms with Gasteiger partial charge in [-0.15, -0.1) is 0 Å². The number of carbonyl (C=O) groups excluding carboxylic acids is 9. The lowest BCUT2D eigenvalue weighted by Crippen LogP contribution is -2.72. The lowest BCUT2D eigenvalue weighted by Gasteiger charge is -2.58. The summed E-state index contributed by atoms with van der Waals surface area (Å²) in [5.74, 6) is -9.13. The number of fused-ring (bicyclic) bond motifs is 1. The van der Waals surface area contributed by atoms with E-state index >= 15 is 28.8 Å². The second-order valence-corrected chi connectivity index (χ2v) is 48.2. The summed E-state index contributed by atoms with van der Waals surface area (Å²) in [6.07, 6.45) is -34.2. The first kappa shape index (κ1) is 103. The Morgan fingerprint density at radius 1 is 0.291 bits per heavy atom. The van der Waals surface area contributed by atoms with Crippen LogP contribution in [-0.2, 0) is 117 Å². The third-order valence-electron chi connectivity index (χ3n) is 24.4. The van der Waals surface area contributed by atoms with Gasteiger partial charge >= 0.3 is 62.3 Å². The number of esters is 9. The van der Waals surface area contributed by atoms with Gasteiger partial charge in [0.2, 0.25) is 0 Å². The Hall–Kier alpha value is -12.6. The fourth-order valence-corrected chi connectivity index (χ4v) is 23.2. The number of rotatable bonds is 36. The topological polar surface area (TPSA) is 347 Å². The Kier molecular flexibility index (Phi) is 34.5. The maximum atomic E-state index is 15.5. The van der Waals surface area contributed by atoms with Crippen molar-refractivity contribution in [3.8, 4) is 0 Å². The molecule has 0 amide bonds. The molecule has 5 heterocycles. The van der Waals surface area contributed by atoms with E-state index in [0.717, 1.165) is 18.1 Å². The van der Waals surface area contributed by atoms with Crippen LogP contribution in [0.4, 0.5) is 0 Å². The van der Waals surface area contributed by atoms with E-state index in [2.05, 4.69) is 61.2 Å². The number of hydrogen-bond donors (Lipinski definition) is 0. The summed E-state index contributed by atoms with van der Waals surface area (Å²) in [5.41, 5.74) is 1.46. The van der Waals surface area contributed by atoms with Gasteiger partial charge in [-0.2, -0.15) is 0 Å². The summed E-state index contributed by atoms with van der Waals surface area (Å²) in [6, 6.07) is 81.5.